The van der Waals surface area contributed by atoms with E-state index < -0.39 is 12.8 Å². The number of hydrogen-bond donors (Lipinski definition) is 0. The third kappa shape index (κ3) is 7.43. The Hall–Kier alpha value is 0.400. The molecule has 8 radical (unpaired) electrons. The minimum absolute atomic E-state index is 0.355. The van der Waals surface area contributed by atoms with Gasteiger partial charge in [0.1, 0.15) is 5.15 Å². The van der Waals surface area contributed by atoms with E-state index in [0.717, 1.165) is 5.56 Å². The van der Waals surface area contributed by atoms with E-state index >= 15 is 0 Å². The maximum Gasteiger partial charge on any atom is 0.188 e. The van der Waals surface area contributed by atoms with Crippen LogP contribution >= 0.6 is 35.0 Å². The summed E-state index contributed by atoms with van der Waals surface area (Å²) in [6.07, 6.45) is 2.36. The van der Waals surface area contributed by atoms with Crippen LogP contribution in [-0.4, -0.2) is 59.9 Å². The summed E-state index contributed by atoms with van der Waals surface area (Å²) in [6.45, 7) is 0. The molecular formula is C6H6B6Cl2N2S. The molecule has 0 amide bonds. The summed E-state index contributed by atoms with van der Waals surface area (Å²) < 4.78 is 0. The second-order valence-corrected chi connectivity index (χ2v) is 4.36. The Bertz CT molecular complexity index is 336. The number of halogens is 2. The van der Waals surface area contributed by atoms with Crippen LogP contribution in [0.1, 0.15) is 5.56 Å². The van der Waals surface area contributed by atoms with Crippen molar-refractivity contribution in [3.05, 3.63) is 16.9 Å². The van der Waals surface area contributed by atoms with Crippen molar-refractivity contribution in [1.29, 1.82) is 0 Å². The van der Waals surface area contributed by atoms with Crippen molar-refractivity contribution in [2.75, 3.05) is 6.26 Å². The Morgan fingerprint density at radius 2 is 1.82 bits per heavy atom. The van der Waals surface area contributed by atoms with Crippen molar-refractivity contribution in [1.82, 2.24) is 9.97 Å². The third-order valence-electron chi connectivity index (χ3n) is 1.56. The molecule has 11 heteroatoms. The molecule has 0 aliphatic rings. The summed E-state index contributed by atoms with van der Waals surface area (Å²) >= 11 is 12.8. The summed E-state index contributed by atoms with van der Waals surface area (Å²) in [5, 5.41) is 1.11. The highest BCUT2D eigenvalue weighted by Crippen LogP contribution is 2.17. The van der Waals surface area contributed by atoms with E-state index in [1.54, 1.807) is 6.20 Å². The van der Waals surface area contributed by atoms with E-state index in [-0.39, 0.29) is 0 Å². The normalized spacial score (nSPS) is 9.12. The molecule has 0 unspecified atom stereocenters. The van der Waals surface area contributed by atoms with Crippen molar-refractivity contribution in [3.8, 4) is 0 Å². The van der Waals surface area contributed by atoms with Crippen molar-refractivity contribution >= 4 is 78.7 Å². The molecular weight excluding hydrogens is 268 g/mol. The van der Waals surface area contributed by atoms with Crippen LogP contribution in [0.5, 0.6) is 0 Å². The van der Waals surface area contributed by atoms with Gasteiger partial charge in [0.25, 0.3) is 0 Å². The average molecular weight is 274 g/mol. The van der Waals surface area contributed by atoms with Crippen LogP contribution in [0.15, 0.2) is 11.4 Å². The quantitative estimate of drug-likeness (QED) is 0.261. The fraction of sp³-hybridized carbons (Fsp3) is 0.333. The molecule has 1 heterocycles. The fourth-order valence-corrected chi connectivity index (χ4v) is 1.41. The minimum atomic E-state index is -0.593. The summed E-state index contributed by atoms with van der Waals surface area (Å²) in [7, 11) is 19.9. The Balaban J connectivity index is 0.000000366. The van der Waals surface area contributed by atoms with Crippen LogP contribution in [0.25, 0.3) is 0 Å². The molecule has 0 bridgehead atoms. The smallest absolute Gasteiger partial charge is 0.188 e. The number of alkyl halides is 1. The highest BCUT2D eigenvalue weighted by molar-refractivity contribution is 7.98. The average Bonchev–Trinajstić information content (AvgIpc) is 2.29. The van der Waals surface area contributed by atoms with Crippen LogP contribution in [0.2, 0.25) is 5.15 Å². The molecule has 0 N–H and O–H groups in total. The van der Waals surface area contributed by atoms with Gasteiger partial charge in [-0.3, -0.25) is 0 Å². The zero-order valence-electron chi connectivity index (χ0n) is 9.31. The predicted molar refractivity (Wildman–Crippen MR) is 82.9 cm³/mol. The van der Waals surface area contributed by atoms with Gasteiger partial charge in [-0.2, -0.15) is 0 Å². The highest BCUT2D eigenvalue weighted by Gasteiger charge is 2.02. The lowest BCUT2D eigenvalue weighted by atomic mass is 8.81. The number of hydrogen-bond acceptors (Lipinski definition) is 3. The maximum atomic E-state index is 5.76. The Labute approximate surface area is 123 Å². The summed E-state index contributed by atoms with van der Waals surface area (Å²) in [5.41, 5.74) is 0.770. The Kier molecular flexibility index (Phi) is 9.57. The van der Waals surface area contributed by atoms with Gasteiger partial charge in [0.15, 0.2) is 5.16 Å². The van der Waals surface area contributed by atoms with Crippen LogP contribution in [0, 0.1) is 0 Å². The van der Waals surface area contributed by atoms with E-state index in [1.807, 2.05) is 6.26 Å². The van der Waals surface area contributed by atoms with Gasteiger partial charge in [-0.25, -0.2) is 9.97 Å². The SMILES string of the molecule is CSc1ncc(CCl)c(Cl)n1.[B]B([B])B([B])[B]. The standard InChI is InChI=1S/C6H6Cl2N2S.B6/c1-11-6-9-3-4(2-7)5(8)10-6;1-5(2)6(3)4/h3H,2H2,1H3;. The zero-order chi connectivity index (χ0) is 13.4. The second-order valence-electron chi connectivity index (χ2n) is 2.96. The lowest BCUT2D eigenvalue weighted by Crippen LogP contribution is -2.38. The number of rotatable bonds is 3. The van der Waals surface area contributed by atoms with Crippen molar-refractivity contribution in [2.45, 2.75) is 11.0 Å². The molecule has 1 rings (SSSR count). The monoisotopic (exact) mass is 274 g/mol. The summed E-state index contributed by atoms with van der Waals surface area (Å²) in [4.78, 5) is 8.01. The predicted octanol–water partition coefficient (Wildman–Crippen LogP) is 0.306. The van der Waals surface area contributed by atoms with E-state index in [0.29, 0.717) is 16.2 Å². The molecule has 0 aromatic carbocycles. The molecule has 78 valence electrons. The van der Waals surface area contributed by atoms with Gasteiger partial charge in [-0.05, 0) is 6.26 Å². The van der Waals surface area contributed by atoms with Crippen molar-refractivity contribution in [3.63, 3.8) is 0 Å². The molecule has 0 saturated carbocycles. The highest BCUT2D eigenvalue weighted by atomic mass is 35.5. The molecule has 17 heavy (non-hydrogen) atoms. The number of thioether (sulfide) groups is 1. The van der Waals surface area contributed by atoms with Crippen LogP contribution in [0.3, 0.4) is 0 Å². The first-order valence-corrected chi connectivity index (χ1v) is 6.69. The van der Waals surface area contributed by atoms with Crippen molar-refractivity contribution in [2.24, 2.45) is 0 Å². The first-order chi connectivity index (χ1) is 7.92. The molecule has 0 atom stereocenters. The van der Waals surface area contributed by atoms with E-state index in [1.165, 1.54) is 11.8 Å². The molecule has 0 fully saturated rings. The van der Waals surface area contributed by atoms with E-state index in [2.05, 4.69) is 9.97 Å². The Morgan fingerprint density at radius 1 is 1.29 bits per heavy atom. The Morgan fingerprint density at radius 3 is 2.12 bits per heavy atom. The lowest BCUT2D eigenvalue weighted by molar-refractivity contribution is 0.949. The van der Waals surface area contributed by atoms with Crippen LogP contribution in [-0.2, 0) is 5.88 Å². The molecule has 1 aromatic heterocycles. The maximum absolute atomic E-state index is 5.76. The van der Waals surface area contributed by atoms with Gasteiger partial charge in [0, 0.05) is 55.5 Å². The van der Waals surface area contributed by atoms with Gasteiger partial charge in [-0.1, -0.05) is 23.4 Å². The second kappa shape index (κ2) is 9.35. The molecule has 1 aromatic rings. The first-order valence-electron chi connectivity index (χ1n) is 4.56. The fourth-order valence-electron chi connectivity index (χ4n) is 0.559. The zero-order valence-corrected chi connectivity index (χ0v) is 11.6. The van der Waals surface area contributed by atoms with Crippen molar-refractivity contribution < 1.29 is 0 Å². The van der Waals surface area contributed by atoms with Crippen LogP contribution in [0.4, 0.5) is 0 Å². The first kappa shape index (κ1) is 17.4. The largest absolute Gasteiger partial charge is 0.231 e. The van der Waals surface area contributed by atoms with Gasteiger partial charge in [0.2, 0.25) is 0 Å². The van der Waals surface area contributed by atoms with Gasteiger partial charge in [-0.15, -0.1) is 11.6 Å². The third-order valence-corrected chi connectivity index (χ3v) is 2.74. The molecule has 2 nitrogen and oxygen atoms in total. The lowest BCUT2D eigenvalue weighted by Gasteiger charge is -2.00. The molecule has 0 saturated heterocycles. The number of aromatic nitrogens is 2. The van der Waals surface area contributed by atoms with Gasteiger partial charge < -0.3 is 0 Å². The van der Waals surface area contributed by atoms with E-state index in [4.69, 9.17) is 54.2 Å². The minimum Gasteiger partial charge on any atom is -0.231 e. The van der Waals surface area contributed by atoms with Gasteiger partial charge in [0.05, 0.1) is 5.88 Å². The molecule has 0 aliphatic carbocycles. The molecule has 0 aliphatic heterocycles. The summed E-state index contributed by atoms with van der Waals surface area (Å²) in [6, 6.07) is 0. The molecule has 0 spiro atoms. The number of nitrogens with zero attached hydrogens (tertiary/aromatic N) is 2. The topological polar surface area (TPSA) is 25.8 Å². The van der Waals surface area contributed by atoms with Crippen LogP contribution < -0.4 is 0 Å². The van der Waals surface area contributed by atoms with E-state index in [9.17, 15) is 0 Å². The van der Waals surface area contributed by atoms with Gasteiger partial charge >= 0.3 is 0 Å². The summed E-state index contributed by atoms with van der Waals surface area (Å²) in [5.74, 6) is 0.355.